The lowest BCUT2D eigenvalue weighted by Gasteiger charge is -2.28. The van der Waals surface area contributed by atoms with Gasteiger partial charge in [0.15, 0.2) is 0 Å². The first kappa shape index (κ1) is 21.3. The summed E-state index contributed by atoms with van der Waals surface area (Å²) in [5.74, 6) is 0.457. The van der Waals surface area contributed by atoms with Crippen molar-refractivity contribution in [2.24, 2.45) is 5.41 Å². The SMILES string of the molecule is CC(C)(C)CCS(=O)(=O)CCCC1CCCN1C(=O)OC(C)(C)C. The largest absolute Gasteiger partial charge is 0.444 e. The van der Waals surface area contributed by atoms with Gasteiger partial charge in [0.05, 0.1) is 11.5 Å². The monoisotopic (exact) mass is 361 g/mol. The van der Waals surface area contributed by atoms with Gasteiger partial charge in [-0.1, -0.05) is 20.8 Å². The van der Waals surface area contributed by atoms with Crippen LogP contribution in [0.25, 0.3) is 0 Å². The molecule has 1 unspecified atom stereocenters. The Balaban J connectivity index is 2.44. The number of amides is 1. The van der Waals surface area contributed by atoms with Crippen LogP contribution < -0.4 is 0 Å². The molecule has 0 radical (unpaired) electrons. The van der Waals surface area contributed by atoms with Gasteiger partial charge in [-0.25, -0.2) is 13.2 Å². The summed E-state index contributed by atoms with van der Waals surface area (Å²) in [5.41, 5.74) is -0.466. The molecule has 0 saturated carbocycles. The number of hydrogen-bond acceptors (Lipinski definition) is 4. The molecular weight excluding hydrogens is 326 g/mol. The van der Waals surface area contributed by atoms with Crippen LogP contribution in [0.15, 0.2) is 0 Å². The molecule has 0 spiro atoms. The fraction of sp³-hybridized carbons (Fsp3) is 0.944. The Labute approximate surface area is 148 Å². The van der Waals surface area contributed by atoms with E-state index in [-0.39, 0.29) is 29.1 Å². The number of ether oxygens (including phenoxy) is 1. The molecule has 1 aliphatic rings. The molecule has 1 atom stereocenters. The van der Waals surface area contributed by atoms with Crippen LogP contribution in [0, 0.1) is 5.41 Å². The Morgan fingerprint density at radius 1 is 1.12 bits per heavy atom. The zero-order valence-corrected chi connectivity index (χ0v) is 17.0. The third kappa shape index (κ3) is 8.36. The van der Waals surface area contributed by atoms with Crippen LogP contribution in [-0.2, 0) is 14.6 Å². The van der Waals surface area contributed by atoms with Crippen molar-refractivity contribution >= 4 is 15.9 Å². The molecule has 0 aromatic rings. The molecular formula is C18H35NO4S. The summed E-state index contributed by atoms with van der Waals surface area (Å²) < 4.78 is 29.7. The molecule has 1 heterocycles. The summed E-state index contributed by atoms with van der Waals surface area (Å²) in [6.45, 7) is 12.4. The summed E-state index contributed by atoms with van der Waals surface area (Å²) in [7, 11) is -3.01. The molecule has 24 heavy (non-hydrogen) atoms. The van der Waals surface area contributed by atoms with Crippen molar-refractivity contribution in [1.29, 1.82) is 0 Å². The number of sulfone groups is 1. The van der Waals surface area contributed by atoms with E-state index >= 15 is 0 Å². The summed E-state index contributed by atoms with van der Waals surface area (Å²) in [6.07, 6.45) is 3.63. The van der Waals surface area contributed by atoms with E-state index in [4.69, 9.17) is 4.74 Å². The molecule has 1 aliphatic heterocycles. The smallest absolute Gasteiger partial charge is 0.410 e. The van der Waals surface area contributed by atoms with E-state index in [1.54, 1.807) is 4.90 Å². The van der Waals surface area contributed by atoms with Crippen molar-refractivity contribution in [3.8, 4) is 0 Å². The minimum Gasteiger partial charge on any atom is -0.444 e. The van der Waals surface area contributed by atoms with Crippen molar-refractivity contribution in [1.82, 2.24) is 4.90 Å². The highest BCUT2D eigenvalue weighted by Gasteiger charge is 2.32. The van der Waals surface area contributed by atoms with Gasteiger partial charge in [0.1, 0.15) is 15.4 Å². The molecule has 0 N–H and O–H groups in total. The lowest BCUT2D eigenvalue weighted by molar-refractivity contribution is 0.0220. The van der Waals surface area contributed by atoms with E-state index in [9.17, 15) is 13.2 Å². The zero-order valence-electron chi connectivity index (χ0n) is 16.2. The average Bonchev–Trinajstić information content (AvgIpc) is 2.82. The lowest BCUT2D eigenvalue weighted by atomic mass is 9.94. The van der Waals surface area contributed by atoms with E-state index < -0.39 is 15.4 Å². The molecule has 0 aliphatic carbocycles. The third-order valence-electron chi connectivity index (χ3n) is 4.16. The number of nitrogens with zero attached hydrogens (tertiary/aromatic N) is 1. The molecule has 5 nitrogen and oxygen atoms in total. The Hall–Kier alpha value is -0.780. The first-order valence-electron chi connectivity index (χ1n) is 8.99. The minimum atomic E-state index is -3.01. The van der Waals surface area contributed by atoms with Crippen molar-refractivity contribution in [2.45, 2.75) is 85.3 Å². The van der Waals surface area contributed by atoms with Crippen molar-refractivity contribution in [3.05, 3.63) is 0 Å². The van der Waals surface area contributed by atoms with Crippen molar-refractivity contribution in [2.75, 3.05) is 18.1 Å². The third-order valence-corrected chi connectivity index (χ3v) is 5.90. The first-order chi connectivity index (χ1) is 10.8. The normalized spacial score (nSPS) is 19.6. The van der Waals surface area contributed by atoms with E-state index in [1.807, 2.05) is 20.8 Å². The molecule has 1 amide bonds. The van der Waals surface area contributed by atoms with E-state index in [1.165, 1.54) is 0 Å². The van der Waals surface area contributed by atoms with Crippen LogP contribution in [0.5, 0.6) is 0 Å². The lowest BCUT2D eigenvalue weighted by Crippen LogP contribution is -2.39. The second kappa shape index (κ2) is 8.07. The van der Waals surface area contributed by atoms with Gasteiger partial charge < -0.3 is 9.64 Å². The van der Waals surface area contributed by atoms with Gasteiger partial charge in [0, 0.05) is 12.6 Å². The van der Waals surface area contributed by atoms with Gasteiger partial charge in [0.25, 0.3) is 0 Å². The molecule has 1 fully saturated rings. The van der Waals surface area contributed by atoms with Crippen LogP contribution >= 0.6 is 0 Å². The number of likely N-dealkylation sites (tertiary alicyclic amines) is 1. The summed E-state index contributed by atoms with van der Waals surface area (Å²) in [6, 6.07) is 0.109. The highest BCUT2D eigenvalue weighted by molar-refractivity contribution is 7.91. The standard InChI is InChI=1S/C18H35NO4S/c1-17(2,3)11-14-24(21,22)13-8-10-15-9-7-12-19(15)16(20)23-18(4,5)6/h15H,7-14H2,1-6H3. The van der Waals surface area contributed by atoms with Crippen LogP contribution in [0.4, 0.5) is 4.79 Å². The van der Waals surface area contributed by atoms with E-state index in [0.29, 0.717) is 19.4 Å². The molecule has 0 aromatic heterocycles. The predicted molar refractivity (Wildman–Crippen MR) is 97.9 cm³/mol. The van der Waals surface area contributed by atoms with Crippen LogP contribution in [-0.4, -0.2) is 49.1 Å². The highest BCUT2D eigenvalue weighted by atomic mass is 32.2. The number of rotatable bonds is 6. The molecule has 142 valence electrons. The average molecular weight is 362 g/mol. The van der Waals surface area contributed by atoms with Gasteiger partial charge in [-0.05, 0) is 58.3 Å². The van der Waals surface area contributed by atoms with E-state index in [0.717, 1.165) is 19.3 Å². The Kier molecular flexibility index (Phi) is 7.15. The van der Waals surface area contributed by atoms with E-state index in [2.05, 4.69) is 20.8 Å². The molecule has 1 saturated heterocycles. The second-order valence-electron chi connectivity index (χ2n) is 9.07. The zero-order chi connectivity index (χ0) is 18.6. The van der Waals surface area contributed by atoms with Crippen LogP contribution in [0.1, 0.15) is 73.6 Å². The summed E-state index contributed by atoms with van der Waals surface area (Å²) in [5, 5.41) is 0. The Morgan fingerprint density at radius 2 is 1.75 bits per heavy atom. The maximum atomic E-state index is 12.2. The van der Waals surface area contributed by atoms with Crippen LogP contribution in [0.2, 0.25) is 0 Å². The number of hydrogen-bond donors (Lipinski definition) is 0. The summed E-state index contributed by atoms with van der Waals surface area (Å²) >= 11 is 0. The van der Waals surface area contributed by atoms with Gasteiger partial charge >= 0.3 is 6.09 Å². The number of carbonyl (C=O) groups is 1. The molecule has 0 aromatic carbocycles. The quantitative estimate of drug-likeness (QED) is 0.717. The fourth-order valence-corrected chi connectivity index (χ4v) is 4.53. The molecule has 6 heteroatoms. The molecule has 0 bridgehead atoms. The Morgan fingerprint density at radius 3 is 2.29 bits per heavy atom. The van der Waals surface area contributed by atoms with Gasteiger partial charge in [-0.15, -0.1) is 0 Å². The minimum absolute atomic E-state index is 0.0338. The molecule has 1 rings (SSSR count). The summed E-state index contributed by atoms with van der Waals surface area (Å²) in [4.78, 5) is 14.0. The van der Waals surface area contributed by atoms with Gasteiger partial charge in [0.2, 0.25) is 0 Å². The fourth-order valence-electron chi connectivity index (χ4n) is 2.80. The number of carbonyl (C=O) groups excluding carboxylic acids is 1. The maximum absolute atomic E-state index is 12.2. The van der Waals surface area contributed by atoms with Crippen molar-refractivity contribution < 1.29 is 17.9 Å². The Bertz CT molecular complexity index is 514. The van der Waals surface area contributed by atoms with Gasteiger partial charge in [-0.2, -0.15) is 0 Å². The predicted octanol–water partition coefficient (Wildman–Crippen LogP) is 4.02. The van der Waals surface area contributed by atoms with Gasteiger partial charge in [-0.3, -0.25) is 0 Å². The highest BCUT2D eigenvalue weighted by Crippen LogP contribution is 2.25. The second-order valence-corrected chi connectivity index (χ2v) is 11.4. The first-order valence-corrected chi connectivity index (χ1v) is 10.8. The topological polar surface area (TPSA) is 63.7 Å². The maximum Gasteiger partial charge on any atom is 0.410 e. The van der Waals surface area contributed by atoms with Crippen molar-refractivity contribution in [3.63, 3.8) is 0 Å². The van der Waals surface area contributed by atoms with Crippen LogP contribution in [0.3, 0.4) is 0 Å².